The van der Waals surface area contributed by atoms with Crippen molar-refractivity contribution in [2.45, 2.75) is 12.2 Å². The van der Waals surface area contributed by atoms with Crippen molar-refractivity contribution in [2.75, 3.05) is 0 Å². The van der Waals surface area contributed by atoms with Crippen LogP contribution in [0.1, 0.15) is 33.2 Å². The number of alkyl halides is 3. The summed E-state index contributed by atoms with van der Waals surface area (Å²) >= 11 is 0. The zero-order valence-electron chi connectivity index (χ0n) is 14.3. The molecular weight excluding hydrogens is 373 g/mol. The van der Waals surface area contributed by atoms with Crippen molar-refractivity contribution in [3.63, 3.8) is 0 Å². The molecular formula is C20H15F3N2O3. The molecule has 1 heterocycles. The Balaban J connectivity index is 1.97. The number of phenols is 1. The lowest BCUT2D eigenvalue weighted by Gasteiger charge is -2.20. The Bertz CT molecular complexity index is 1050. The number of pyridine rings is 1. The van der Waals surface area contributed by atoms with Crippen molar-refractivity contribution < 1.29 is 23.1 Å². The summed E-state index contributed by atoms with van der Waals surface area (Å²) in [5, 5.41) is 12.8. The highest BCUT2D eigenvalue weighted by molar-refractivity contribution is 5.94. The van der Waals surface area contributed by atoms with Gasteiger partial charge < -0.3 is 15.4 Å². The standard InChI is InChI=1S/C20H15F3N2O3/c21-20(22,23)16-11-10-14(18(27)24-16)19(28)25-17(12-6-2-1-3-7-12)13-8-4-5-9-15(13)26/h1-11,17,26H,(H,24,27)(H,25,28). The van der Waals surface area contributed by atoms with Gasteiger partial charge in [0.15, 0.2) is 0 Å². The number of H-pyrrole nitrogens is 1. The highest BCUT2D eigenvalue weighted by atomic mass is 19.4. The van der Waals surface area contributed by atoms with E-state index in [4.69, 9.17) is 0 Å². The first kappa shape index (κ1) is 19.2. The van der Waals surface area contributed by atoms with E-state index in [1.54, 1.807) is 53.5 Å². The van der Waals surface area contributed by atoms with Crippen LogP contribution in [-0.4, -0.2) is 16.0 Å². The van der Waals surface area contributed by atoms with Gasteiger partial charge in [-0.3, -0.25) is 9.59 Å². The van der Waals surface area contributed by atoms with E-state index in [-0.39, 0.29) is 5.75 Å². The number of aromatic amines is 1. The fourth-order valence-corrected chi connectivity index (χ4v) is 2.74. The Morgan fingerprint density at radius 2 is 1.61 bits per heavy atom. The Morgan fingerprint density at radius 1 is 0.964 bits per heavy atom. The van der Waals surface area contributed by atoms with Crippen LogP contribution >= 0.6 is 0 Å². The normalized spacial score (nSPS) is 12.4. The van der Waals surface area contributed by atoms with E-state index in [1.165, 1.54) is 6.07 Å². The molecule has 5 nitrogen and oxygen atoms in total. The molecule has 0 fully saturated rings. The number of benzene rings is 2. The quantitative estimate of drug-likeness (QED) is 0.639. The van der Waals surface area contributed by atoms with Gasteiger partial charge in [-0.05, 0) is 23.8 Å². The van der Waals surface area contributed by atoms with Crippen molar-refractivity contribution in [3.05, 3.63) is 99.5 Å². The summed E-state index contributed by atoms with van der Waals surface area (Å²) in [4.78, 5) is 26.3. The first-order valence-corrected chi connectivity index (χ1v) is 8.21. The number of para-hydroxylation sites is 1. The zero-order chi connectivity index (χ0) is 20.3. The second kappa shape index (κ2) is 7.59. The summed E-state index contributed by atoms with van der Waals surface area (Å²) in [5.74, 6) is -0.940. The predicted molar refractivity (Wildman–Crippen MR) is 95.9 cm³/mol. The molecule has 0 aliphatic heterocycles. The van der Waals surface area contributed by atoms with E-state index in [2.05, 4.69) is 5.32 Å². The molecule has 0 aliphatic carbocycles. The van der Waals surface area contributed by atoms with Crippen LogP contribution in [-0.2, 0) is 6.18 Å². The Labute approximate surface area is 157 Å². The topological polar surface area (TPSA) is 82.2 Å². The SMILES string of the molecule is O=C(NC(c1ccccc1)c1ccccc1O)c1ccc(C(F)(F)F)[nH]c1=O. The largest absolute Gasteiger partial charge is 0.508 e. The fraction of sp³-hybridized carbons (Fsp3) is 0.100. The number of hydrogen-bond donors (Lipinski definition) is 3. The maximum absolute atomic E-state index is 12.7. The van der Waals surface area contributed by atoms with Gasteiger partial charge in [0.05, 0.1) is 6.04 Å². The van der Waals surface area contributed by atoms with Crippen LogP contribution in [0.15, 0.2) is 71.5 Å². The molecule has 0 bridgehead atoms. The number of carbonyl (C=O) groups excluding carboxylic acids is 1. The third kappa shape index (κ3) is 4.06. The third-order valence-electron chi connectivity index (χ3n) is 4.12. The number of hydrogen-bond acceptors (Lipinski definition) is 3. The van der Waals surface area contributed by atoms with Crippen LogP contribution in [0.4, 0.5) is 13.2 Å². The highest BCUT2D eigenvalue weighted by Gasteiger charge is 2.32. The molecule has 1 amide bonds. The van der Waals surface area contributed by atoms with E-state index in [0.717, 1.165) is 6.07 Å². The van der Waals surface area contributed by atoms with Crippen LogP contribution in [0.5, 0.6) is 5.75 Å². The maximum Gasteiger partial charge on any atom is 0.431 e. The Morgan fingerprint density at radius 3 is 2.21 bits per heavy atom. The number of nitrogens with one attached hydrogen (secondary N) is 2. The number of carbonyl (C=O) groups is 1. The molecule has 0 spiro atoms. The summed E-state index contributed by atoms with van der Waals surface area (Å²) < 4.78 is 38.1. The van der Waals surface area contributed by atoms with E-state index in [1.807, 2.05) is 0 Å². The van der Waals surface area contributed by atoms with Gasteiger partial charge in [0.1, 0.15) is 17.0 Å². The number of rotatable bonds is 4. The molecule has 144 valence electrons. The van der Waals surface area contributed by atoms with Crippen molar-refractivity contribution in [1.82, 2.24) is 10.3 Å². The second-order valence-corrected chi connectivity index (χ2v) is 5.99. The molecule has 0 saturated heterocycles. The summed E-state index contributed by atoms with van der Waals surface area (Å²) in [6.07, 6.45) is -4.73. The summed E-state index contributed by atoms with van der Waals surface area (Å²) in [5.41, 5.74) is -1.86. The predicted octanol–water partition coefficient (Wildman–Crippen LogP) is 3.62. The molecule has 0 aliphatic rings. The van der Waals surface area contributed by atoms with Gasteiger partial charge in [0.25, 0.3) is 11.5 Å². The number of halogens is 3. The number of aromatic hydroxyl groups is 1. The van der Waals surface area contributed by atoms with E-state index in [9.17, 15) is 27.9 Å². The smallest absolute Gasteiger partial charge is 0.431 e. The van der Waals surface area contributed by atoms with Gasteiger partial charge in [0, 0.05) is 5.56 Å². The number of aromatic nitrogens is 1. The van der Waals surface area contributed by atoms with Crippen LogP contribution in [0.2, 0.25) is 0 Å². The van der Waals surface area contributed by atoms with Crippen LogP contribution in [0.25, 0.3) is 0 Å². The molecule has 1 unspecified atom stereocenters. The lowest BCUT2D eigenvalue weighted by atomic mass is 9.97. The van der Waals surface area contributed by atoms with Crippen LogP contribution < -0.4 is 10.9 Å². The molecule has 3 aromatic rings. The Hall–Kier alpha value is -3.55. The minimum absolute atomic E-state index is 0.0713. The third-order valence-corrected chi connectivity index (χ3v) is 4.12. The molecule has 28 heavy (non-hydrogen) atoms. The molecule has 3 rings (SSSR count). The average molecular weight is 388 g/mol. The molecule has 1 atom stereocenters. The van der Waals surface area contributed by atoms with Gasteiger partial charge in [-0.1, -0.05) is 48.5 Å². The average Bonchev–Trinajstić information content (AvgIpc) is 2.66. The fourth-order valence-electron chi connectivity index (χ4n) is 2.74. The summed E-state index contributed by atoms with van der Waals surface area (Å²) in [6.45, 7) is 0. The molecule has 0 saturated carbocycles. The summed E-state index contributed by atoms with van der Waals surface area (Å²) in [6, 6.07) is 15.7. The monoisotopic (exact) mass is 388 g/mol. The van der Waals surface area contributed by atoms with E-state index in [0.29, 0.717) is 17.2 Å². The summed E-state index contributed by atoms with van der Waals surface area (Å²) in [7, 11) is 0. The van der Waals surface area contributed by atoms with Gasteiger partial charge in [-0.2, -0.15) is 13.2 Å². The first-order valence-electron chi connectivity index (χ1n) is 8.21. The van der Waals surface area contributed by atoms with Crippen LogP contribution in [0.3, 0.4) is 0 Å². The molecule has 2 aromatic carbocycles. The van der Waals surface area contributed by atoms with E-state index < -0.39 is 34.9 Å². The molecule has 3 N–H and O–H groups in total. The lowest BCUT2D eigenvalue weighted by Crippen LogP contribution is -2.34. The second-order valence-electron chi connectivity index (χ2n) is 5.99. The van der Waals surface area contributed by atoms with Gasteiger partial charge >= 0.3 is 6.18 Å². The number of amides is 1. The van der Waals surface area contributed by atoms with Crippen molar-refractivity contribution in [1.29, 1.82) is 0 Å². The molecule has 8 heteroatoms. The lowest BCUT2D eigenvalue weighted by molar-refractivity contribution is -0.141. The van der Waals surface area contributed by atoms with E-state index >= 15 is 0 Å². The molecule has 1 aromatic heterocycles. The minimum Gasteiger partial charge on any atom is -0.508 e. The highest BCUT2D eigenvalue weighted by Crippen LogP contribution is 2.29. The number of phenolic OH excluding ortho intramolecular Hbond substituents is 1. The van der Waals surface area contributed by atoms with Gasteiger partial charge in [-0.15, -0.1) is 0 Å². The van der Waals surface area contributed by atoms with Crippen molar-refractivity contribution >= 4 is 5.91 Å². The van der Waals surface area contributed by atoms with Gasteiger partial charge in [-0.25, -0.2) is 0 Å². The van der Waals surface area contributed by atoms with Crippen molar-refractivity contribution in [2.24, 2.45) is 0 Å². The Kier molecular flexibility index (Phi) is 5.21. The maximum atomic E-state index is 12.7. The molecule has 0 radical (unpaired) electrons. The van der Waals surface area contributed by atoms with Crippen molar-refractivity contribution in [3.8, 4) is 5.75 Å². The van der Waals surface area contributed by atoms with Crippen LogP contribution in [0, 0.1) is 0 Å². The first-order chi connectivity index (χ1) is 13.3. The van der Waals surface area contributed by atoms with Gasteiger partial charge in [0.2, 0.25) is 0 Å². The minimum atomic E-state index is -4.73. The zero-order valence-corrected chi connectivity index (χ0v) is 14.3.